The third kappa shape index (κ3) is 4.00. The molecule has 4 rings (SSSR count). The minimum Gasteiger partial charge on any atom is -0.475 e. The third-order valence-electron chi connectivity index (χ3n) is 4.86. The summed E-state index contributed by atoms with van der Waals surface area (Å²) in [6, 6.07) is 3.69. The number of alkyl halides is 6. The molecule has 0 spiro atoms. The average molecular weight is 464 g/mol. The Morgan fingerprint density at radius 1 is 0.656 bits per heavy atom. The summed E-state index contributed by atoms with van der Waals surface area (Å²) >= 11 is 0. The second-order valence-corrected chi connectivity index (χ2v) is 6.95. The van der Waals surface area contributed by atoms with Gasteiger partial charge in [-0.3, -0.25) is 0 Å². The van der Waals surface area contributed by atoms with Crippen molar-refractivity contribution in [3.63, 3.8) is 0 Å². The average Bonchev–Trinajstić information content (AvgIpc) is 3.36. The van der Waals surface area contributed by atoms with Crippen molar-refractivity contribution in [3.05, 3.63) is 70.3 Å². The molecule has 0 radical (unpaired) electrons. The first kappa shape index (κ1) is 22.0. The zero-order chi connectivity index (χ0) is 23.3. The standard InChI is InChI=1S/C20H12F8N2O2/c21-15-9(3-1-5-11(15)19(23,24)25)17-29-13(7-31-17)14-8-32-18(30-14)10-4-2-6-12(16(10)22)20(26,27)28/h1-6,13-14H,7-8H2/t13-,14-/m1/s1. The summed E-state index contributed by atoms with van der Waals surface area (Å²) in [5.41, 5.74) is -3.94. The highest BCUT2D eigenvalue weighted by Gasteiger charge is 2.39. The molecule has 32 heavy (non-hydrogen) atoms. The van der Waals surface area contributed by atoms with Crippen molar-refractivity contribution in [1.29, 1.82) is 0 Å². The van der Waals surface area contributed by atoms with E-state index in [2.05, 4.69) is 9.98 Å². The van der Waals surface area contributed by atoms with Gasteiger partial charge in [0.25, 0.3) is 0 Å². The summed E-state index contributed by atoms with van der Waals surface area (Å²) in [5, 5.41) is 0. The number of rotatable bonds is 3. The number of aliphatic imine (C=N–C) groups is 2. The number of ether oxygens (including phenoxy) is 2. The molecule has 0 aromatic heterocycles. The zero-order valence-corrected chi connectivity index (χ0v) is 15.8. The SMILES string of the molecule is Fc1c(C2=N[C@@H]([C@H]3COC(c4cccc(C(F)(F)F)c4F)=N3)CO2)cccc1C(F)(F)F. The highest BCUT2D eigenvalue weighted by Crippen LogP contribution is 2.35. The second-order valence-electron chi connectivity index (χ2n) is 6.95. The molecular formula is C20H12F8N2O2. The van der Waals surface area contributed by atoms with Gasteiger partial charge < -0.3 is 9.47 Å². The molecule has 4 nitrogen and oxygen atoms in total. The predicted octanol–water partition coefficient (Wildman–Crippen LogP) is 4.99. The Labute approximate surface area is 175 Å². The van der Waals surface area contributed by atoms with E-state index in [4.69, 9.17) is 9.47 Å². The smallest absolute Gasteiger partial charge is 0.419 e. The van der Waals surface area contributed by atoms with Gasteiger partial charge in [-0.25, -0.2) is 18.8 Å². The zero-order valence-electron chi connectivity index (χ0n) is 15.8. The molecule has 2 heterocycles. The van der Waals surface area contributed by atoms with Crippen molar-refractivity contribution in [2.75, 3.05) is 13.2 Å². The summed E-state index contributed by atoms with van der Waals surface area (Å²) in [4.78, 5) is 8.12. The lowest BCUT2D eigenvalue weighted by Gasteiger charge is -2.10. The van der Waals surface area contributed by atoms with Crippen LogP contribution >= 0.6 is 0 Å². The monoisotopic (exact) mass is 464 g/mol. The first-order chi connectivity index (χ1) is 15.0. The maximum Gasteiger partial charge on any atom is 0.419 e. The maximum absolute atomic E-state index is 14.3. The van der Waals surface area contributed by atoms with Crippen LogP contribution in [0.2, 0.25) is 0 Å². The minimum absolute atomic E-state index is 0.180. The van der Waals surface area contributed by atoms with E-state index in [1.54, 1.807) is 0 Å². The molecule has 2 aromatic carbocycles. The summed E-state index contributed by atoms with van der Waals surface area (Å²) in [6.07, 6.45) is -9.82. The quantitative estimate of drug-likeness (QED) is 0.601. The normalized spacial score (nSPS) is 21.1. The van der Waals surface area contributed by atoms with Crippen molar-refractivity contribution >= 4 is 11.8 Å². The lowest BCUT2D eigenvalue weighted by atomic mass is 10.1. The Balaban J connectivity index is 1.59. The minimum atomic E-state index is -4.91. The van der Waals surface area contributed by atoms with Crippen LogP contribution in [0.3, 0.4) is 0 Å². The van der Waals surface area contributed by atoms with Gasteiger partial charge in [0.1, 0.15) is 36.9 Å². The van der Waals surface area contributed by atoms with E-state index in [0.717, 1.165) is 24.3 Å². The molecule has 0 N–H and O–H groups in total. The highest BCUT2D eigenvalue weighted by atomic mass is 19.4. The van der Waals surface area contributed by atoms with E-state index in [9.17, 15) is 35.1 Å². The number of hydrogen-bond acceptors (Lipinski definition) is 4. The van der Waals surface area contributed by atoms with Gasteiger partial charge in [-0.05, 0) is 24.3 Å². The van der Waals surface area contributed by atoms with Crippen LogP contribution in [0.1, 0.15) is 22.3 Å². The van der Waals surface area contributed by atoms with E-state index in [-0.39, 0.29) is 25.0 Å². The molecule has 2 aliphatic heterocycles. The van der Waals surface area contributed by atoms with Gasteiger partial charge in [0.05, 0.1) is 22.3 Å². The summed E-state index contributed by atoms with van der Waals surface area (Å²) in [7, 11) is 0. The topological polar surface area (TPSA) is 43.2 Å². The van der Waals surface area contributed by atoms with E-state index >= 15 is 0 Å². The summed E-state index contributed by atoms with van der Waals surface area (Å²) in [5.74, 6) is -3.82. The Hall–Kier alpha value is -3.18. The molecule has 0 unspecified atom stereocenters. The molecule has 0 fully saturated rings. The lowest BCUT2D eigenvalue weighted by molar-refractivity contribution is -0.140. The maximum atomic E-state index is 14.3. The fourth-order valence-corrected chi connectivity index (χ4v) is 3.30. The van der Waals surface area contributed by atoms with Crippen LogP contribution in [-0.4, -0.2) is 37.1 Å². The Kier molecular flexibility index (Phi) is 5.33. The van der Waals surface area contributed by atoms with Crippen LogP contribution in [-0.2, 0) is 21.8 Å². The van der Waals surface area contributed by atoms with Crippen molar-refractivity contribution < 1.29 is 44.6 Å². The Bertz CT molecular complexity index is 1020. The molecule has 0 saturated heterocycles. The van der Waals surface area contributed by atoms with Gasteiger partial charge in [0.15, 0.2) is 0 Å². The Morgan fingerprint density at radius 2 is 1.03 bits per heavy atom. The first-order valence-electron chi connectivity index (χ1n) is 9.10. The van der Waals surface area contributed by atoms with E-state index in [1.807, 2.05) is 0 Å². The van der Waals surface area contributed by atoms with E-state index < -0.39 is 58.3 Å². The fraction of sp³-hybridized carbons (Fsp3) is 0.300. The molecule has 0 amide bonds. The van der Waals surface area contributed by atoms with Crippen LogP contribution in [0, 0.1) is 11.6 Å². The van der Waals surface area contributed by atoms with Crippen LogP contribution in [0.4, 0.5) is 35.1 Å². The summed E-state index contributed by atoms with van der Waals surface area (Å²) < 4.78 is 117. The van der Waals surface area contributed by atoms with Gasteiger partial charge in [0.2, 0.25) is 11.8 Å². The number of halogens is 8. The van der Waals surface area contributed by atoms with E-state index in [0.29, 0.717) is 12.1 Å². The molecule has 0 aliphatic carbocycles. The van der Waals surface area contributed by atoms with E-state index in [1.165, 1.54) is 0 Å². The van der Waals surface area contributed by atoms with Gasteiger partial charge in [-0.15, -0.1) is 0 Å². The van der Waals surface area contributed by atoms with Crippen molar-refractivity contribution in [2.24, 2.45) is 9.98 Å². The molecule has 2 aromatic rings. The van der Waals surface area contributed by atoms with Gasteiger partial charge >= 0.3 is 12.4 Å². The molecule has 2 atom stereocenters. The van der Waals surface area contributed by atoms with Crippen molar-refractivity contribution in [1.82, 2.24) is 0 Å². The Morgan fingerprint density at radius 3 is 1.38 bits per heavy atom. The largest absolute Gasteiger partial charge is 0.475 e. The van der Waals surface area contributed by atoms with Crippen LogP contribution < -0.4 is 0 Å². The van der Waals surface area contributed by atoms with Crippen molar-refractivity contribution in [3.8, 4) is 0 Å². The fourth-order valence-electron chi connectivity index (χ4n) is 3.30. The second kappa shape index (κ2) is 7.75. The van der Waals surface area contributed by atoms with Crippen LogP contribution in [0.5, 0.6) is 0 Å². The number of nitrogens with zero attached hydrogens (tertiary/aromatic N) is 2. The van der Waals surface area contributed by atoms with Crippen molar-refractivity contribution in [2.45, 2.75) is 24.4 Å². The number of hydrogen-bond donors (Lipinski definition) is 0. The molecule has 0 saturated carbocycles. The van der Waals surface area contributed by atoms with Crippen LogP contribution in [0.15, 0.2) is 46.4 Å². The molecule has 12 heteroatoms. The first-order valence-corrected chi connectivity index (χ1v) is 9.10. The van der Waals surface area contributed by atoms with Gasteiger partial charge in [-0.1, -0.05) is 12.1 Å². The number of benzene rings is 2. The molecule has 170 valence electrons. The van der Waals surface area contributed by atoms with Gasteiger partial charge in [0, 0.05) is 0 Å². The third-order valence-corrected chi connectivity index (χ3v) is 4.86. The van der Waals surface area contributed by atoms with Gasteiger partial charge in [-0.2, -0.15) is 26.3 Å². The lowest BCUT2D eigenvalue weighted by Crippen LogP contribution is -2.25. The molecular weight excluding hydrogens is 452 g/mol. The molecule has 2 aliphatic rings. The predicted molar refractivity (Wildman–Crippen MR) is 95.4 cm³/mol. The summed E-state index contributed by atoms with van der Waals surface area (Å²) in [6.45, 7) is -0.359. The molecule has 0 bridgehead atoms. The van der Waals surface area contributed by atoms with Crippen LogP contribution in [0.25, 0.3) is 0 Å². The highest BCUT2D eigenvalue weighted by molar-refractivity contribution is 5.97.